The summed E-state index contributed by atoms with van der Waals surface area (Å²) in [6, 6.07) is 11.8. The first-order chi connectivity index (χ1) is 14.9. The number of benzene rings is 2. The highest BCUT2D eigenvalue weighted by molar-refractivity contribution is 8.00. The number of fused-ring (bicyclic) bond motifs is 1. The lowest BCUT2D eigenvalue weighted by Gasteiger charge is -2.30. The fourth-order valence-electron chi connectivity index (χ4n) is 3.86. The van der Waals surface area contributed by atoms with Crippen LogP contribution in [0.15, 0.2) is 51.7 Å². The molecular weight excluding hydrogens is 450 g/mol. The summed E-state index contributed by atoms with van der Waals surface area (Å²) in [6.07, 6.45) is 7.09. The van der Waals surface area contributed by atoms with E-state index in [1.165, 1.54) is 22.9 Å². The van der Waals surface area contributed by atoms with Crippen molar-refractivity contribution in [1.29, 1.82) is 0 Å². The van der Waals surface area contributed by atoms with E-state index in [1.54, 1.807) is 42.3 Å². The standard InChI is InChI=1S/C22H25N3O3S3/c1-25(17-6-4-3-5-7-17)31(27,28)18-11-8-15(9-12-18)21(26)23-16-10-13-19-20(14-16)30-22(24-19)29-2/h8-14,17H,3-7H2,1-2H3,(H,23,26). The van der Waals surface area contributed by atoms with Gasteiger partial charge in [-0.15, -0.1) is 11.3 Å². The van der Waals surface area contributed by atoms with Gasteiger partial charge in [-0.05, 0) is 61.6 Å². The quantitative estimate of drug-likeness (QED) is 0.494. The number of aromatic nitrogens is 1. The molecule has 0 unspecified atom stereocenters. The number of nitrogens with zero attached hydrogens (tertiary/aromatic N) is 2. The number of carbonyl (C=O) groups excluding carboxylic acids is 1. The van der Waals surface area contributed by atoms with Crippen molar-refractivity contribution >= 4 is 54.9 Å². The maximum absolute atomic E-state index is 13.0. The van der Waals surface area contributed by atoms with Gasteiger partial charge in [0.1, 0.15) is 0 Å². The summed E-state index contributed by atoms with van der Waals surface area (Å²) in [4.78, 5) is 17.4. The third kappa shape index (κ3) is 4.79. The summed E-state index contributed by atoms with van der Waals surface area (Å²) >= 11 is 3.18. The molecular formula is C22H25N3O3S3. The fourth-order valence-corrected chi connectivity index (χ4v) is 6.80. The summed E-state index contributed by atoms with van der Waals surface area (Å²) in [5, 5.41) is 2.88. The monoisotopic (exact) mass is 475 g/mol. The number of amides is 1. The fraction of sp³-hybridized carbons (Fsp3) is 0.364. The van der Waals surface area contributed by atoms with Gasteiger partial charge in [-0.3, -0.25) is 4.79 Å². The Labute approximate surface area is 191 Å². The predicted molar refractivity (Wildman–Crippen MR) is 128 cm³/mol. The van der Waals surface area contributed by atoms with Gasteiger partial charge < -0.3 is 5.32 Å². The molecule has 0 radical (unpaired) electrons. The highest BCUT2D eigenvalue weighted by atomic mass is 32.2. The number of hydrogen-bond acceptors (Lipinski definition) is 6. The maximum atomic E-state index is 13.0. The van der Waals surface area contributed by atoms with Crippen molar-refractivity contribution in [1.82, 2.24) is 9.29 Å². The lowest BCUT2D eigenvalue weighted by molar-refractivity contribution is 0.102. The average Bonchev–Trinajstić information content (AvgIpc) is 3.21. The lowest BCUT2D eigenvalue weighted by Crippen LogP contribution is -2.38. The minimum absolute atomic E-state index is 0.0509. The van der Waals surface area contributed by atoms with E-state index in [0.717, 1.165) is 40.2 Å². The second-order valence-corrected chi connectivity index (χ2v) is 11.7. The first-order valence-electron chi connectivity index (χ1n) is 10.2. The molecule has 6 nitrogen and oxygen atoms in total. The molecule has 0 bridgehead atoms. The van der Waals surface area contributed by atoms with Crippen LogP contribution in [0.2, 0.25) is 0 Å². The van der Waals surface area contributed by atoms with Crippen molar-refractivity contribution in [3.8, 4) is 0 Å². The van der Waals surface area contributed by atoms with Crippen molar-refractivity contribution in [2.24, 2.45) is 0 Å². The zero-order valence-electron chi connectivity index (χ0n) is 17.5. The molecule has 0 aliphatic heterocycles. The maximum Gasteiger partial charge on any atom is 0.255 e. The van der Waals surface area contributed by atoms with Crippen molar-refractivity contribution < 1.29 is 13.2 Å². The zero-order chi connectivity index (χ0) is 22.0. The first-order valence-corrected chi connectivity index (χ1v) is 13.7. The van der Waals surface area contributed by atoms with E-state index in [0.29, 0.717) is 11.3 Å². The number of thiazole rings is 1. The topological polar surface area (TPSA) is 79.4 Å². The predicted octanol–water partition coefficient (Wildman–Crippen LogP) is 5.22. The van der Waals surface area contributed by atoms with Gasteiger partial charge in [0.2, 0.25) is 10.0 Å². The molecule has 9 heteroatoms. The Morgan fingerprint density at radius 1 is 1.13 bits per heavy atom. The van der Waals surface area contributed by atoms with Crippen LogP contribution >= 0.6 is 23.1 Å². The summed E-state index contributed by atoms with van der Waals surface area (Å²) in [5.41, 5.74) is 2.00. The summed E-state index contributed by atoms with van der Waals surface area (Å²) < 4.78 is 29.4. The van der Waals surface area contributed by atoms with Crippen molar-refractivity contribution in [2.45, 2.75) is 47.4 Å². The number of anilines is 1. The average molecular weight is 476 g/mol. The summed E-state index contributed by atoms with van der Waals surface area (Å²) in [7, 11) is -1.91. The summed E-state index contributed by atoms with van der Waals surface area (Å²) in [5.74, 6) is -0.279. The molecule has 1 aliphatic carbocycles. The molecule has 1 N–H and O–H groups in total. The number of nitrogens with one attached hydrogen (secondary N) is 1. The van der Waals surface area contributed by atoms with Crippen LogP contribution in [0.4, 0.5) is 5.69 Å². The van der Waals surface area contributed by atoms with Crippen molar-refractivity contribution in [3.63, 3.8) is 0 Å². The molecule has 1 fully saturated rings. The molecule has 164 valence electrons. The number of carbonyl (C=O) groups is 1. The molecule has 0 atom stereocenters. The van der Waals surface area contributed by atoms with Crippen LogP contribution in [0.1, 0.15) is 42.5 Å². The van der Waals surface area contributed by atoms with Gasteiger partial charge in [-0.25, -0.2) is 13.4 Å². The first kappa shape index (κ1) is 22.3. The molecule has 3 aromatic rings. The van der Waals surface area contributed by atoms with Gasteiger partial charge >= 0.3 is 0 Å². The SMILES string of the molecule is CSc1nc2ccc(NC(=O)c3ccc(S(=O)(=O)N(C)C4CCCCC4)cc3)cc2s1. The normalized spacial score (nSPS) is 15.5. The molecule has 1 heterocycles. The Morgan fingerprint density at radius 3 is 2.52 bits per heavy atom. The minimum Gasteiger partial charge on any atom is -0.322 e. The Kier molecular flexibility index (Phi) is 6.66. The number of rotatable bonds is 6. The molecule has 2 aromatic carbocycles. The van der Waals surface area contributed by atoms with E-state index in [4.69, 9.17) is 0 Å². The highest BCUT2D eigenvalue weighted by Crippen LogP contribution is 2.30. The van der Waals surface area contributed by atoms with Crippen LogP contribution in [0.5, 0.6) is 0 Å². The van der Waals surface area contributed by atoms with E-state index in [9.17, 15) is 13.2 Å². The van der Waals surface area contributed by atoms with E-state index in [2.05, 4.69) is 10.3 Å². The summed E-state index contributed by atoms with van der Waals surface area (Å²) in [6.45, 7) is 0. The van der Waals surface area contributed by atoms with Gasteiger partial charge in [-0.1, -0.05) is 31.0 Å². The van der Waals surface area contributed by atoms with Crippen LogP contribution < -0.4 is 5.32 Å². The van der Waals surface area contributed by atoms with E-state index >= 15 is 0 Å². The van der Waals surface area contributed by atoms with Crippen LogP contribution in [0.25, 0.3) is 10.2 Å². The van der Waals surface area contributed by atoms with Gasteiger partial charge in [0, 0.05) is 24.3 Å². The molecule has 1 saturated carbocycles. The van der Waals surface area contributed by atoms with E-state index in [1.807, 2.05) is 24.5 Å². The van der Waals surface area contributed by atoms with Crippen LogP contribution in [0.3, 0.4) is 0 Å². The largest absolute Gasteiger partial charge is 0.322 e. The highest BCUT2D eigenvalue weighted by Gasteiger charge is 2.29. The molecule has 1 aromatic heterocycles. The number of sulfonamides is 1. The molecule has 4 rings (SSSR count). The van der Waals surface area contributed by atoms with E-state index in [-0.39, 0.29) is 16.8 Å². The van der Waals surface area contributed by atoms with Gasteiger partial charge in [0.05, 0.1) is 15.1 Å². The molecule has 0 saturated heterocycles. The zero-order valence-corrected chi connectivity index (χ0v) is 19.9. The Bertz CT molecular complexity index is 1180. The molecule has 1 aliphatic rings. The van der Waals surface area contributed by atoms with Crippen LogP contribution in [-0.2, 0) is 10.0 Å². The third-order valence-corrected chi connectivity index (χ3v) is 9.61. The second kappa shape index (κ2) is 9.28. The smallest absolute Gasteiger partial charge is 0.255 e. The molecule has 0 spiro atoms. The third-order valence-electron chi connectivity index (χ3n) is 5.68. The van der Waals surface area contributed by atoms with Crippen molar-refractivity contribution in [2.75, 3.05) is 18.6 Å². The van der Waals surface area contributed by atoms with Crippen molar-refractivity contribution in [3.05, 3.63) is 48.0 Å². The second-order valence-electron chi connectivity index (χ2n) is 7.66. The number of hydrogen-bond donors (Lipinski definition) is 1. The Hall–Kier alpha value is -1.94. The van der Waals surface area contributed by atoms with Crippen LogP contribution in [-0.4, -0.2) is 43.0 Å². The van der Waals surface area contributed by atoms with Crippen LogP contribution in [0, 0.1) is 0 Å². The van der Waals surface area contributed by atoms with Gasteiger partial charge in [-0.2, -0.15) is 4.31 Å². The molecule has 1 amide bonds. The lowest BCUT2D eigenvalue weighted by atomic mass is 9.96. The molecule has 31 heavy (non-hydrogen) atoms. The minimum atomic E-state index is -3.57. The Balaban J connectivity index is 1.47. The Morgan fingerprint density at radius 2 is 1.84 bits per heavy atom. The van der Waals surface area contributed by atoms with E-state index < -0.39 is 10.0 Å². The van der Waals surface area contributed by atoms with Gasteiger partial charge in [0.15, 0.2) is 4.34 Å². The number of thioether (sulfide) groups is 1. The van der Waals surface area contributed by atoms with Gasteiger partial charge in [0.25, 0.3) is 5.91 Å².